The second-order valence-electron chi connectivity index (χ2n) is 4.81. The van der Waals surface area contributed by atoms with Crippen LogP contribution in [-0.4, -0.2) is 25.9 Å². The number of hydrogen-bond acceptors (Lipinski definition) is 5. The first-order chi connectivity index (χ1) is 11.1. The van der Waals surface area contributed by atoms with Crippen LogP contribution in [0, 0.1) is 11.3 Å². The van der Waals surface area contributed by atoms with Gasteiger partial charge in [0.15, 0.2) is 0 Å². The van der Waals surface area contributed by atoms with Gasteiger partial charge in [0.1, 0.15) is 17.6 Å². The number of halogens is 1. The monoisotopic (exact) mass is 332 g/mol. The van der Waals surface area contributed by atoms with E-state index >= 15 is 0 Å². The zero-order valence-electron chi connectivity index (χ0n) is 12.8. The van der Waals surface area contributed by atoms with E-state index in [1.165, 1.54) is 0 Å². The highest BCUT2D eigenvalue weighted by molar-refractivity contribution is 6.32. The van der Waals surface area contributed by atoms with Crippen molar-refractivity contribution >= 4 is 17.3 Å². The number of nitrogens with one attached hydrogen (secondary N) is 1. The van der Waals surface area contributed by atoms with Crippen LogP contribution in [0.4, 0.5) is 5.69 Å². The molecule has 0 bridgehead atoms. The van der Waals surface area contributed by atoms with Gasteiger partial charge in [-0.3, -0.25) is 0 Å². The van der Waals surface area contributed by atoms with Gasteiger partial charge < -0.3 is 19.9 Å². The summed E-state index contributed by atoms with van der Waals surface area (Å²) >= 11 is 5.99. The Labute approximate surface area is 140 Å². The van der Waals surface area contributed by atoms with Crippen LogP contribution in [0.25, 0.3) is 0 Å². The molecule has 0 amide bonds. The lowest BCUT2D eigenvalue weighted by atomic mass is 10.1. The van der Waals surface area contributed by atoms with E-state index in [-0.39, 0.29) is 6.54 Å². The third-order valence-electron chi connectivity index (χ3n) is 3.38. The van der Waals surface area contributed by atoms with E-state index in [0.717, 1.165) is 5.69 Å². The number of hydrogen-bond donors (Lipinski definition) is 2. The van der Waals surface area contributed by atoms with Crippen molar-refractivity contribution in [2.24, 2.45) is 0 Å². The highest BCUT2D eigenvalue weighted by Crippen LogP contribution is 2.30. The Morgan fingerprint density at radius 3 is 2.61 bits per heavy atom. The van der Waals surface area contributed by atoms with Crippen LogP contribution in [0.1, 0.15) is 17.2 Å². The molecule has 23 heavy (non-hydrogen) atoms. The third-order valence-corrected chi connectivity index (χ3v) is 3.70. The largest absolute Gasteiger partial charge is 0.497 e. The van der Waals surface area contributed by atoms with Crippen molar-refractivity contribution in [1.82, 2.24) is 0 Å². The summed E-state index contributed by atoms with van der Waals surface area (Å²) in [7, 11) is 3.11. The average molecular weight is 333 g/mol. The molecule has 0 radical (unpaired) electrons. The fourth-order valence-corrected chi connectivity index (χ4v) is 2.36. The van der Waals surface area contributed by atoms with E-state index in [0.29, 0.717) is 27.6 Å². The normalized spacial score (nSPS) is 11.4. The molecule has 0 fully saturated rings. The van der Waals surface area contributed by atoms with Crippen molar-refractivity contribution in [3.8, 4) is 17.6 Å². The minimum atomic E-state index is -0.797. The van der Waals surface area contributed by atoms with Gasteiger partial charge in [0, 0.05) is 17.8 Å². The second-order valence-corrected chi connectivity index (χ2v) is 5.22. The number of nitrogens with zero attached hydrogens (tertiary/aromatic N) is 1. The number of aliphatic hydroxyl groups excluding tert-OH is 1. The summed E-state index contributed by atoms with van der Waals surface area (Å²) in [5.41, 5.74) is 1.75. The molecule has 2 rings (SSSR count). The third kappa shape index (κ3) is 4.07. The minimum Gasteiger partial charge on any atom is -0.497 e. The average Bonchev–Trinajstić information content (AvgIpc) is 2.59. The Bertz CT molecular complexity index is 728. The summed E-state index contributed by atoms with van der Waals surface area (Å²) in [5.74, 6) is 1.22. The Balaban J connectivity index is 2.12. The van der Waals surface area contributed by atoms with Crippen molar-refractivity contribution in [2.75, 3.05) is 26.1 Å². The van der Waals surface area contributed by atoms with Crippen molar-refractivity contribution in [3.63, 3.8) is 0 Å². The second kappa shape index (κ2) is 7.73. The highest BCUT2D eigenvalue weighted by atomic mass is 35.5. The molecule has 120 valence electrons. The fraction of sp³-hybridized carbons (Fsp3) is 0.235. The maximum absolute atomic E-state index is 10.4. The topological polar surface area (TPSA) is 74.5 Å². The molecule has 0 heterocycles. The number of nitriles is 1. The van der Waals surface area contributed by atoms with Crippen LogP contribution >= 0.6 is 11.6 Å². The van der Waals surface area contributed by atoms with E-state index in [1.54, 1.807) is 50.6 Å². The van der Waals surface area contributed by atoms with Crippen LogP contribution < -0.4 is 14.8 Å². The van der Waals surface area contributed by atoms with Crippen LogP contribution in [-0.2, 0) is 0 Å². The highest BCUT2D eigenvalue weighted by Gasteiger charge is 2.14. The van der Waals surface area contributed by atoms with Gasteiger partial charge in [-0.1, -0.05) is 11.6 Å². The molecule has 5 nitrogen and oxygen atoms in total. The lowest BCUT2D eigenvalue weighted by Gasteiger charge is -2.17. The molecule has 1 unspecified atom stereocenters. The van der Waals surface area contributed by atoms with Crippen LogP contribution in [0.3, 0.4) is 0 Å². The molecular formula is C17H17ClN2O3. The SMILES string of the molecule is COc1ccc(OC)c(C(O)CNc2ccc(C#N)c(Cl)c2)c1. The fourth-order valence-electron chi connectivity index (χ4n) is 2.14. The zero-order valence-corrected chi connectivity index (χ0v) is 13.6. The molecule has 0 aliphatic carbocycles. The summed E-state index contributed by atoms with van der Waals surface area (Å²) in [4.78, 5) is 0. The van der Waals surface area contributed by atoms with Crippen LogP contribution in [0.2, 0.25) is 5.02 Å². The molecule has 0 aliphatic heterocycles. The van der Waals surface area contributed by atoms with Gasteiger partial charge in [-0.25, -0.2) is 0 Å². The van der Waals surface area contributed by atoms with Crippen LogP contribution in [0.5, 0.6) is 11.5 Å². The zero-order chi connectivity index (χ0) is 16.8. The first kappa shape index (κ1) is 16.9. The Kier molecular flexibility index (Phi) is 5.69. The maximum atomic E-state index is 10.4. The van der Waals surface area contributed by atoms with Gasteiger partial charge in [0.25, 0.3) is 0 Å². The van der Waals surface area contributed by atoms with Gasteiger partial charge in [-0.05, 0) is 36.4 Å². The van der Waals surface area contributed by atoms with Gasteiger partial charge >= 0.3 is 0 Å². The van der Waals surface area contributed by atoms with Crippen molar-refractivity contribution in [3.05, 3.63) is 52.5 Å². The Morgan fingerprint density at radius 2 is 2.00 bits per heavy atom. The van der Waals surface area contributed by atoms with Gasteiger partial charge in [-0.15, -0.1) is 0 Å². The molecule has 2 aromatic rings. The lowest BCUT2D eigenvalue weighted by molar-refractivity contribution is 0.186. The van der Waals surface area contributed by atoms with E-state index in [4.69, 9.17) is 26.3 Å². The number of methoxy groups -OCH3 is 2. The van der Waals surface area contributed by atoms with Crippen LogP contribution in [0.15, 0.2) is 36.4 Å². The smallest absolute Gasteiger partial charge is 0.124 e. The standard InChI is InChI=1S/C17H17ClN2O3/c1-22-13-5-6-17(23-2)14(8-13)16(21)10-20-12-4-3-11(9-19)15(18)7-12/h3-8,16,20-21H,10H2,1-2H3. The number of ether oxygens (including phenoxy) is 2. The van der Waals surface area contributed by atoms with Gasteiger partial charge in [0.05, 0.1) is 30.9 Å². The van der Waals surface area contributed by atoms with Crippen molar-refractivity contribution in [2.45, 2.75) is 6.10 Å². The molecule has 0 aromatic heterocycles. The lowest BCUT2D eigenvalue weighted by Crippen LogP contribution is -2.13. The Morgan fingerprint density at radius 1 is 1.22 bits per heavy atom. The first-order valence-electron chi connectivity index (χ1n) is 6.92. The van der Waals surface area contributed by atoms with E-state index < -0.39 is 6.10 Å². The summed E-state index contributed by atoms with van der Waals surface area (Å²) in [6, 6.07) is 12.3. The summed E-state index contributed by atoms with van der Waals surface area (Å²) < 4.78 is 10.4. The van der Waals surface area contributed by atoms with E-state index in [2.05, 4.69) is 5.32 Å². The van der Waals surface area contributed by atoms with E-state index in [1.807, 2.05) is 6.07 Å². The molecule has 6 heteroatoms. The molecule has 2 aromatic carbocycles. The van der Waals surface area contributed by atoms with Gasteiger partial charge in [0.2, 0.25) is 0 Å². The molecule has 2 N–H and O–H groups in total. The predicted octanol–water partition coefficient (Wildman–Crippen LogP) is 3.37. The minimum absolute atomic E-state index is 0.256. The first-order valence-corrected chi connectivity index (χ1v) is 7.30. The number of anilines is 1. The van der Waals surface area contributed by atoms with Crippen molar-refractivity contribution < 1.29 is 14.6 Å². The quantitative estimate of drug-likeness (QED) is 0.848. The maximum Gasteiger partial charge on any atom is 0.124 e. The Hall–Kier alpha value is -2.42. The summed E-state index contributed by atoms with van der Waals surface area (Å²) in [6.07, 6.45) is -0.797. The van der Waals surface area contributed by atoms with Crippen molar-refractivity contribution in [1.29, 1.82) is 5.26 Å². The summed E-state index contributed by atoms with van der Waals surface area (Å²) in [6.45, 7) is 0.256. The van der Waals surface area contributed by atoms with Gasteiger partial charge in [-0.2, -0.15) is 5.26 Å². The molecule has 0 saturated carbocycles. The number of rotatable bonds is 6. The molecule has 0 aliphatic rings. The molecular weight excluding hydrogens is 316 g/mol. The molecule has 0 spiro atoms. The van der Waals surface area contributed by atoms with E-state index in [9.17, 15) is 5.11 Å². The summed E-state index contributed by atoms with van der Waals surface area (Å²) in [5, 5.41) is 22.7. The molecule has 1 atom stereocenters. The molecule has 0 saturated heterocycles. The number of benzene rings is 2. The predicted molar refractivity (Wildman–Crippen MR) is 89.2 cm³/mol. The number of aliphatic hydroxyl groups is 1.